The van der Waals surface area contributed by atoms with Gasteiger partial charge in [-0.1, -0.05) is 29.8 Å². The second-order valence-electron chi connectivity index (χ2n) is 4.45. The molecule has 1 heterocycles. The molecule has 1 atom stereocenters. The highest BCUT2D eigenvalue weighted by Gasteiger charge is 2.12. The molecule has 90 valence electrons. The van der Waals surface area contributed by atoms with Crippen molar-refractivity contribution in [3.63, 3.8) is 0 Å². The van der Waals surface area contributed by atoms with Crippen LogP contribution < -0.4 is 5.32 Å². The van der Waals surface area contributed by atoms with Crippen LogP contribution in [0.15, 0.2) is 30.5 Å². The van der Waals surface area contributed by atoms with Crippen molar-refractivity contribution in [2.45, 2.75) is 26.8 Å². The van der Waals surface area contributed by atoms with E-state index in [4.69, 9.17) is 0 Å². The van der Waals surface area contributed by atoms with Gasteiger partial charge in [-0.05, 0) is 26.3 Å². The first kappa shape index (κ1) is 11.7. The Morgan fingerprint density at radius 1 is 1.18 bits per heavy atom. The zero-order valence-electron chi connectivity index (χ0n) is 10.9. The number of hydrogen-bond donors (Lipinski definition) is 1. The predicted molar refractivity (Wildman–Crippen MR) is 71.5 cm³/mol. The average Bonchev–Trinajstić information content (AvgIpc) is 2.70. The molecule has 2 rings (SSSR count). The molecule has 0 amide bonds. The van der Waals surface area contributed by atoms with Crippen LogP contribution in [0, 0.1) is 13.8 Å². The molecule has 17 heavy (non-hydrogen) atoms. The first-order valence-corrected chi connectivity index (χ1v) is 5.91. The van der Waals surface area contributed by atoms with Gasteiger partial charge in [-0.25, -0.2) is 4.98 Å². The molecule has 0 aliphatic carbocycles. The third-order valence-corrected chi connectivity index (χ3v) is 3.05. The van der Waals surface area contributed by atoms with Crippen LogP contribution in [0.1, 0.15) is 29.8 Å². The Morgan fingerprint density at radius 2 is 1.82 bits per heavy atom. The normalized spacial score (nSPS) is 12.5. The highest BCUT2D eigenvalue weighted by atomic mass is 15.2. The van der Waals surface area contributed by atoms with Crippen molar-refractivity contribution >= 4 is 5.95 Å². The Kier molecular flexibility index (Phi) is 3.18. The van der Waals surface area contributed by atoms with E-state index in [0.29, 0.717) is 6.04 Å². The van der Waals surface area contributed by atoms with E-state index in [1.165, 1.54) is 11.1 Å². The number of hydrogen-bond acceptors (Lipinski definition) is 2. The molecule has 1 aromatic carbocycles. The lowest BCUT2D eigenvalue weighted by atomic mass is 10.1. The average molecular weight is 229 g/mol. The first-order chi connectivity index (χ1) is 8.11. The van der Waals surface area contributed by atoms with Crippen LogP contribution in [-0.2, 0) is 0 Å². The lowest BCUT2D eigenvalue weighted by Gasteiger charge is -2.16. The monoisotopic (exact) mass is 229 g/mol. The maximum absolute atomic E-state index is 4.45. The van der Waals surface area contributed by atoms with Crippen molar-refractivity contribution in [1.29, 1.82) is 0 Å². The minimum absolute atomic E-state index is 0.291. The van der Waals surface area contributed by atoms with Crippen LogP contribution in [0.2, 0.25) is 0 Å². The van der Waals surface area contributed by atoms with Crippen molar-refractivity contribution in [3.8, 4) is 0 Å². The highest BCUT2D eigenvalue weighted by Crippen LogP contribution is 2.22. The summed E-state index contributed by atoms with van der Waals surface area (Å²) in [6.07, 6.45) is 2.08. The molecule has 3 nitrogen and oxygen atoms in total. The molecule has 0 saturated heterocycles. The smallest absolute Gasteiger partial charge is 0.203 e. The Bertz CT molecular complexity index is 497. The summed E-state index contributed by atoms with van der Waals surface area (Å²) in [5.74, 6) is 0.913. The molecule has 0 saturated carbocycles. The minimum Gasteiger partial charge on any atom is -0.359 e. The summed E-state index contributed by atoms with van der Waals surface area (Å²) >= 11 is 0. The SMILES string of the molecule is CNc1nc(C)cn1C(C)c1ccc(C)cc1. The van der Waals surface area contributed by atoms with Crippen LogP contribution in [-0.4, -0.2) is 16.6 Å². The Hall–Kier alpha value is -1.77. The zero-order chi connectivity index (χ0) is 12.4. The van der Waals surface area contributed by atoms with Crippen LogP contribution in [0.4, 0.5) is 5.95 Å². The number of aryl methyl sites for hydroxylation is 2. The maximum Gasteiger partial charge on any atom is 0.203 e. The van der Waals surface area contributed by atoms with E-state index in [2.05, 4.69) is 59.2 Å². The lowest BCUT2D eigenvalue weighted by molar-refractivity contribution is 0.645. The van der Waals surface area contributed by atoms with Crippen molar-refractivity contribution in [3.05, 3.63) is 47.3 Å². The molecule has 0 aliphatic heterocycles. The van der Waals surface area contributed by atoms with E-state index in [0.717, 1.165) is 11.6 Å². The standard InChI is InChI=1S/C14H19N3/c1-10-5-7-13(8-6-10)12(3)17-9-11(2)16-14(17)15-4/h5-9,12H,1-4H3,(H,15,16). The summed E-state index contributed by atoms with van der Waals surface area (Å²) in [5, 5.41) is 3.13. The largest absolute Gasteiger partial charge is 0.359 e. The fourth-order valence-electron chi connectivity index (χ4n) is 2.00. The summed E-state index contributed by atoms with van der Waals surface area (Å²) in [4.78, 5) is 4.45. The van der Waals surface area contributed by atoms with Gasteiger partial charge < -0.3 is 9.88 Å². The third kappa shape index (κ3) is 2.33. The maximum atomic E-state index is 4.45. The summed E-state index contributed by atoms with van der Waals surface area (Å²) in [6.45, 7) is 6.31. The molecular formula is C14H19N3. The van der Waals surface area contributed by atoms with Gasteiger partial charge in [-0.15, -0.1) is 0 Å². The summed E-state index contributed by atoms with van der Waals surface area (Å²) in [5.41, 5.74) is 3.62. The van der Waals surface area contributed by atoms with Gasteiger partial charge in [0.25, 0.3) is 0 Å². The quantitative estimate of drug-likeness (QED) is 0.876. The van der Waals surface area contributed by atoms with Crippen molar-refractivity contribution < 1.29 is 0 Å². The van der Waals surface area contributed by atoms with Crippen molar-refractivity contribution in [1.82, 2.24) is 9.55 Å². The van der Waals surface area contributed by atoms with Crippen LogP contribution >= 0.6 is 0 Å². The number of rotatable bonds is 3. The fourth-order valence-corrected chi connectivity index (χ4v) is 2.00. The molecular weight excluding hydrogens is 210 g/mol. The molecule has 2 aromatic rings. The summed E-state index contributed by atoms with van der Waals surface area (Å²) in [7, 11) is 1.90. The van der Waals surface area contributed by atoms with Gasteiger partial charge in [-0.3, -0.25) is 0 Å². The molecule has 0 radical (unpaired) electrons. The summed E-state index contributed by atoms with van der Waals surface area (Å²) in [6, 6.07) is 8.94. The van der Waals surface area contributed by atoms with Crippen molar-refractivity contribution in [2.75, 3.05) is 12.4 Å². The number of nitrogens with one attached hydrogen (secondary N) is 1. The third-order valence-electron chi connectivity index (χ3n) is 3.05. The Labute approximate surface area is 103 Å². The van der Waals surface area contributed by atoms with Crippen molar-refractivity contribution in [2.24, 2.45) is 0 Å². The van der Waals surface area contributed by atoms with Crippen LogP contribution in [0.5, 0.6) is 0 Å². The van der Waals surface area contributed by atoms with E-state index in [1.54, 1.807) is 0 Å². The highest BCUT2D eigenvalue weighted by molar-refractivity contribution is 5.32. The number of anilines is 1. The van der Waals surface area contributed by atoms with Gasteiger partial charge in [0.05, 0.1) is 11.7 Å². The van der Waals surface area contributed by atoms with E-state index < -0.39 is 0 Å². The van der Waals surface area contributed by atoms with Crippen LogP contribution in [0.3, 0.4) is 0 Å². The Balaban J connectivity index is 2.35. The number of nitrogens with zero attached hydrogens (tertiary/aromatic N) is 2. The minimum atomic E-state index is 0.291. The second-order valence-corrected chi connectivity index (χ2v) is 4.45. The second kappa shape index (κ2) is 4.62. The van der Waals surface area contributed by atoms with E-state index in [9.17, 15) is 0 Å². The molecule has 1 N–H and O–H groups in total. The fraction of sp³-hybridized carbons (Fsp3) is 0.357. The topological polar surface area (TPSA) is 29.9 Å². The molecule has 0 fully saturated rings. The van der Waals surface area contributed by atoms with Gasteiger partial charge in [0.1, 0.15) is 0 Å². The first-order valence-electron chi connectivity index (χ1n) is 5.91. The molecule has 0 spiro atoms. The van der Waals surface area contributed by atoms with E-state index >= 15 is 0 Å². The molecule has 1 unspecified atom stereocenters. The molecule has 1 aromatic heterocycles. The van der Waals surface area contributed by atoms with Gasteiger partial charge >= 0.3 is 0 Å². The number of imidazole rings is 1. The molecule has 0 aliphatic rings. The zero-order valence-corrected chi connectivity index (χ0v) is 10.9. The Morgan fingerprint density at radius 3 is 2.41 bits per heavy atom. The molecule has 3 heteroatoms. The van der Waals surface area contributed by atoms with Gasteiger partial charge in [0.15, 0.2) is 0 Å². The lowest BCUT2D eigenvalue weighted by Crippen LogP contribution is -2.09. The number of aromatic nitrogens is 2. The van der Waals surface area contributed by atoms with Gasteiger partial charge in [0.2, 0.25) is 5.95 Å². The van der Waals surface area contributed by atoms with E-state index in [1.807, 2.05) is 14.0 Å². The van der Waals surface area contributed by atoms with E-state index in [-0.39, 0.29) is 0 Å². The molecule has 0 bridgehead atoms. The number of benzene rings is 1. The van der Waals surface area contributed by atoms with Gasteiger partial charge in [-0.2, -0.15) is 0 Å². The summed E-state index contributed by atoms with van der Waals surface area (Å²) < 4.78 is 2.17. The van der Waals surface area contributed by atoms with Gasteiger partial charge in [0, 0.05) is 13.2 Å². The predicted octanol–water partition coefficient (Wildman–Crippen LogP) is 3.15. The van der Waals surface area contributed by atoms with Crippen LogP contribution in [0.25, 0.3) is 0 Å².